The van der Waals surface area contributed by atoms with E-state index in [2.05, 4.69) is 27.9 Å². The minimum atomic E-state index is -0.691. The van der Waals surface area contributed by atoms with Crippen LogP contribution in [0.25, 0.3) is 0 Å². The van der Waals surface area contributed by atoms with Crippen molar-refractivity contribution in [3.8, 4) is 0 Å². The Hall–Kier alpha value is -1.31. The molecule has 6 heteroatoms. The van der Waals surface area contributed by atoms with Crippen molar-refractivity contribution in [1.29, 1.82) is 0 Å². The highest BCUT2D eigenvalue weighted by atomic mass is 127. The summed E-state index contributed by atoms with van der Waals surface area (Å²) in [6.07, 6.45) is 0.727. The Morgan fingerprint density at radius 2 is 1.87 bits per heavy atom. The summed E-state index contributed by atoms with van der Waals surface area (Å²) < 4.78 is 11.4. The van der Waals surface area contributed by atoms with Gasteiger partial charge in [-0.15, -0.1) is 0 Å². The molecule has 0 radical (unpaired) electrons. The number of nitrogens with one attached hydrogen (secondary N) is 1. The van der Waals surface area contributed by atoms with E-state index in [4.69, 9.17) is 9.47 Å². The Morgan fingerprint density at radius 3 is 2.43 bits per heavy atom. The van der Waals surface area contributed by atoms with Crippen molar-refractivity contribution in [2.75, 3.05) is 4.43 Å². The van der Waals surface area contributed by atoms with Gasteiger partial charge in [0.25, 0.3) is 0 Å². The molecule has 0 aliphatic heterocycles. The van der Waals surface area contributed by atoms with Crippen LogP contribution in [0.1, 0.15) is 39.2 Å². The van der Waals surface area contributed by atoms with E-state index in [-0.39, 0.29) is 6.61 Å². The molecule has 1 aromatic carbocycles. The highest BCUT2D eigenvalue weighted by Gasteiger charge is 2.25. The average molecular weight is 433 g/mol. The number of hydrogen-bond acceptors (Lipinski definition) is 4. The van der Waals surface area contributed by atoms with Crippen LogP contribution in [0.5, 0.6) is 0 Å². The van der Waals surface area contributed by atoms with Crippen molar-refractivity contribution in [2.45, 2.75) is 51.9 Å². The van der Waals surface area contributed by atoms with Crippen LogP contribution in [-0.2, 0) is 20.9 Å². The summed E-state index contributed by atoms with van der Waals surface area (Å²) in [5.41, 5.74) is 0.303. The minimum Gasteiger partial charge on any atom is -0.459 e. The molecule has 0 aromatic heterocycles. The Bertz CT molecular complexity index is 499. The van der Waals surface area contributed by atoms with Crippen molar-refractivity contribution < 1.29 is 19.1 Å². The maximum absolute atomic E-state index is 12.2. The average Bonchev–Trinajstić information content (AvgIpc) is 2.48. The van der Waals surface area contributed by atoms with Gasteiger partial charge in [-0.3, -0.25) is 0 Å². The SMILES string of the molecule is CC(C)(C)OC(=O)N[C@@H](CCCI)C(=O)OCc1ccccc1. The molecule has 0 fully saturated rings. The molecule has 1 atom stereocenters. The smallest absolute Gasteiger partial charge is 0.408 e. The number of hydrogen-bond donors (Lipinski definition) is 1. The summed E-state index contributed by atoms with van der Waals surface area (Å²) in [4.78, 5) is 24.1. The van der Waals surface area contributed by atoms with E-state index < -0.39 is 23.7 Å². The Labute approximate surface area is 151 Å². The van der Waals surface area contributed by atoms with E-state index in [1.54, 1.807) is 20.8 Å². The minimum absolute atomic E-state index is 0.191. The molecule has 0 aliphatic rings. The molecule has 0 bridgehead atoms. The zero-order chi connectivity index (χ0) is 17.3. The van der Waals surface area contributed by atoms with Crippen molar-refractivity contribution in [1.82, 2.24) is 5.32 Å². The lowest BCUT2D eigenvalue weighted by Gasteiger charge is -2.22. The normalized spacial score (nSPS) is 12.3. The van der Waals surface area contributed by atoms with Crippen LogP contribution in [-0.4, -0.2) is 28.1 Å². The molecule has 5 nitrogen and oxygen atoms in total. The highest BCUT2D eigenvalue weighted by Crippen LogP contribution is 2.10. The van der Waals surface area contributed by atoms with Gasteiger partial charge in [0, 0.05) is 0 Å². The van der Waals surface area contributed by atoms with Crippen LogP contribution in [0.4, 0.5) is 4.79 Å². The van der Waals surface area contributed by atoms with Gasteiger partial charge in [-0.25, -0.2) is 9.59 Å². The van der Waals surface area contributed by atoms with Crippen molar-refractivity contribution in [3.63, 3.8) is 0 Å². The molecule has 0 unspecified atom stereocenters. The van der Waals surface area contributed by atoms with Crippen molar-refractivity contribution in [2.24, 2.45) is 0 Å². The van der Waals surface area contributed by atoms with E-state index in [1.165, 1.54) is 0 Å². The third-order valence-corrected chi connectivity index (χ3v) is 3.59. The fraction of sp³-hybridized carbons (Fsp3) is 0.529. The summed E-state index contributed by atoms with van der Waals surface area (Å²) >= 11 is 2.23. The number of amides is 1. The van der Waals surface area contributed by atoms with Gasteiger partial charge in [0.1, 0.15) is 18.2 Å². The van der Waals surface area contributed by atoms with Crippen LogP contribution in [0, 0.1) is 0 Å². The number of benzene rings is 1. The first-order valence-corrected chi connectivity index (χ1v) is 9.10. The Balaban J connectivity index is 2.57. The van der Waals surface area contributed by atoms with Gasteiger partial charge >= 0.3 is 12.1 Å². The van der Waals surface area contributed by atoms with Gasteiger partial charge in [-0.2, -0.15) is 0 Å². The van der Waals surface area contributed by atoms with Crippen molar-refractivity contribution >= 4 is 34.7 Å². The summed E-state index contributed by atoms with van der Waals surface area (Å²) in [6, 6.07) is 8.75. The van der Waals surface area contributed by atoms with Gasteiger partial charge in [0.15, 0.2) is 0 Å². The van der Waals surface area contributed by atoms with E-state index >= 15 is 0 Å². The van der Waals surface area contributed by atoms with Crippen LogP contribution in [0.15, 0.2) is 30.3 Å². The maximum atomic E-state index is 12.2. The molecule has 23 heavy (non-hydrogen) atoms. The second-order valence-corrected chi connectivity index (χ2v) is 7.20. The van der Waals surface area contributed by atoms with Crippen LogP contribution < -0.4 is 5.32 Å². The Kier molecular flexibility index (Phi) is 8.36. The fourth-order valence-electron chi connectivity index (χ4n) is 1.81. The predicted molar refractivity (Wildman–Crippen MR) is 97.5 cm³/mol. The lowest BCUT2D eigenvalue weighted by Crippen LogP contribution is -2.44. The van der Waals surface area contributed by atoms with E-state index in [9.17, 15) is 9.59 Å². The molecule has 1 amide bonds. The van der Waals surface area contributed by atoms with Crippen LogP contribution >= 0.6 is 22.6 Å². The second-order valence-electron chi connectivity index (χ2n) is 6.12. The number of rotatable bonds is 7. The zero-order valence-corrected chi connectivity index (χ0v) is 16.0. The number of esters is 1. The molecular formula is C17H24INO4. The number of carbonyl (C=O) groups is 2. The number of alkyl halides is 1. The summed E-state index contributed by atoms with van der Waals surface area (Å²) in [5, 5.41) is 2.61. The molecule has 0 spiro atoms. The van der Waals surface area contributed by atoms with Gasteiger partial charge < -0.3 is 14.8 Å². The third-order valence-electron chi connectivity index (χ3n) is 2.83. The first-order valence-electron chi connectivity index (χ1n) is 7.58. The number of halogens is 1. The highest BCUT2D eigenvalue weighted by molar-refractivity contribution is 14.1. The molecule has 0 saturated carbocycles. The van der Waals surface area contributed by atoms with Gasteiger partial charge in [0.2, 0.25) is 0 Å². The summed E-state index contributed by atoms with van der Waals surface area (Å²) in [6.45, 7) is 5.52. The lowest BCUT2D eigenvalue weighted by atomic mass is 10.1. The predicted octanol–water partition coefficient (Wildman–Crippen LogP) is 3.84. The van der Waals surface area contributed by atoms with Gasteiger partial charge in [-0.05, 0) is 43.6 Å². The standard InChI is InChI=1S/C17H24INO4/c1-17(2,3)23-16(21)19-14(10-7-11-18)15(20)22-12-13-8-5-4-6-9-13/h4-6,8-9,14H,7,10-12H2,1-3H3,(H,19,21)/t14-/m0/s1. The first-order chi connectivity index (χ1) is 10.8. The Morgan fingerprint density at radius 1 is 1.22 bits per heavy atom. The fourth-order valence-corrected chi connectivity index (χ4v) is 2.25. The molecule has 1 rings (SSSR count). The second kappa shape index (κ2) is 9.75. The molecular weight excluding hydrogens is 409 g/mol. The van der Waals surface area contributed by atoms with E-state index in [1.807, 2.05) is 30.3 Å². The first kappa shape index (κ1) is 19.7. The molecule has 1 N–H and O–H groups in total. The molecule has 0 aliphatic carbocycles. The summed E-state index contributed by atoms with van der Waals surface area (Å²) in [7, 11) is 0. The largest absolute Gasteiger partial charge is 0.459 e. The quantitative estimate of drug-likeness (QED) is 0.403. The van der Waals surface area contributed by atoms with Crippen LogP contribution in [0.3, 0.4) is 0 Å². The van der Waals surface area contributed by atoms with Gasteiger partial charge in [0.05, 0.1) is 0 Å². The monoisotopic (exact) mass is 433 g/mol. The molecule has 1 aromatic rings. The van der Waals surface area contributed by atoms with Crippen molar-refractivity contribution in [3.05, 3.63) is 35.9 Å². The summed E-state index contributed by atoms with van der Waals surface area (Å²) in [5.74, 6) is -0.440. The third kappa shape index (κ3) is 8.78. The maximum Gasteiger partial charge on any atom is 0.408 e. The molecule has 0 heterocycles. The topological polar surface area (TPSA) is 64.6 Å². The zero-order valence-electron chi connectivity index (χ0n) is 13.8. The number of ether oxygens (including phenoxy) is 2. The number of alkyl carbamates (subject to hydrolysis) is 1. The molecule has 0 saturated heterocycles. The van der Waals surface area contributed by atoms with E-state index in [0.717, 1.165) is 16.4 Å². The number of carbonyl (C=O) groups excluding carboxylic acids is 2. The molecule has 128 valence electrons. The van der Waals surface area contributed by atoms with E-state index in [0.29, 0.717) is 6.42 Å². The lowest BCUT2D eigenvalue weighted by molar-refractivity contribution is -0.147. The van der Waals surface area contributed by atoms with Crippen LogP contribution in [0.2, 0.25) is 0 Å². The van der Waals surface area contributed by atoms with Gasteiger partial charge in [-0.1, -0.05) is 52.9 Å².